The van der Waals surface area contributed by atoms with E-state index in [1.165, 1.54) is 24.5 Å². The highest BCUT2D eigenvalue weighted by atomic mass is 32.2. The van der Waals surface area contributed by atoms with Crippen LogP contribution in [0.4, 0.5) is 5.69 Å². The van der Waals surface area contributed by atoms with Gasteiger partial charge in [-0.2, -0.15) is 0 Å². The number of ether oxygens (including phenoxy) is 1. The number of non-ortho nitro benzene ring substituents is 1. The molecule has 3 N–H and O–H groups in total. The molecule has 8 nitrogen and oxygen atoms in total. The van der Waals surface area contributed by atoms with Gasteiger partial charge in [0.25, 0.3) is 5.69 Å². The summed E-state index contributed by atoms with van der Waals surface area (Å²) in [4.78, 5) is 10.5. The van der Waals surface area contributed by atoms with Gasteiger partial charge in [-0.05, 0) is 59.9 Å². The number of aromatic hydroxyl groups is 1. The van der Waals surface area contributed by atoms with Crippen molar-refractivity contribution >= 4 is 16.9 Å². The Labute approximate surface area is 172 Å². The van der Waals surface area contributed by atoms with Crippen molar-refractivity contribution in [2.24, 2.45) is 0 Å². The predicted molar refractivity (Wildman–Crippen MR) is 110 cm³/mol. The summed E-state index contributed by atoms with van der Waals surface area (Å²) in [6.07, 6.45) is 2.44. The van der Waals surface area contributed by atoms with Crippen LogP contribution in [0.1, 0.15) is 30.1 Å². The molecule has 0 saturated carbocycles. The fourth-order valence-electron chi connectivity index (χ4n) is 2.68. The summed E-state index contributed by atoms with van der Waals surface area (Å²) in [5.74, 6) is -0.0385. The van der Waals surface area contributed by atoms with Crippen LogP contribution >= 0.6 is 0 Å². The quantitative estimate of drug-likeness (QED) is 0.208. The van der Waals surface area contributed by atoms with Crippen LogP contribution < -0.4 is 5.32 Å². The smallest absolute Gasteiger partial charge is 0.269 e. The molecule has 0 aromatic heterocycles. The molecule has 0 aliphatic rings. The van der Waals surface area contributed by atoms with E-state index in [4.69, 9.17) is 4.74 Å². The first-order valence-electron chi connectivity index (χ1n) is 9.24. The standard InChI is InChI=1S/C20H26N2O6S/c1-29(27)20-12-16(6-9-18(20)23)19(24)13-21-10-2-3-11-28-14-15-4-7-17(8-5-15)22(25)26/h4-9,12,19,21,23-24H,2-3,10-11,13-14H2,1H3. The average Bonchev–Trinajstić information content (AvgIpc) is 2.70. The number of nitro benzene ring substituents is 1. The van der Waals surface area contributed by atoms with E-state index < -0.39 is 22.2 Å². The summed E-state index contributed by atoms with van der Waals surface area (Å²) in [5.41, 5.74) is 1.55. The van der Waals surface area contributed by atoms with Crippen LogP contribution in [0.3, 0.4) is 0 Å². The Kier molecular flexibility index (Phi) is 9.36. The largest absolute Gasteiger partial charge is 0.612 e. The van der Waals surface area contributed by atoms with E-state index in [0.717, 1.165) is 18.4 Å². The van der Waals surface area contributed by atoms with Crippen molar-refractivity contribution in [3.63, 3.8) is 0 Å². The van der Waals surface area contributed by atoms with Crippen molar-refractivity contribution in [1.82, 2.24) is 5.32 Å². The van der Waals surface area contributed by atoms with E-state index in [0.29, 0.717) is 36.8 Å². The van der Waals surface area contributed by atoms with Gasteiger partial charge in [0.1, 0.15) is 6.26 Å². The summed E-state index contributed by atoms with van der Waals surface area (Å²) < 4.78 is 17.1. The van der Waals surface area contributed by atoms with Crippen LogP contribution in [0.15, 0.2) is 47.4 Å². The van der Waals surface area contributed by atoms with Crippen LogP contribution in [-0.2, 0) is 22.5 Å². The maximum absolute atomic E-state index is 11.6. The molecule has 0 saturated heterocycles. The molecule has 2 aromatic rings. The summed E-state index contributed by atoms with van der Waals surface area (Å²) >= 11 is -1.32. The number of aliphatic hydroxyl groups is 1. The molecule has 0 radical (unpaired) electrons. The topological polar surface area (TPSA) is 128 Å². The van der Waals surface area contributed by atoms with Gasteiger partial charge in [-0.3, -0.25) is 10.1 Å². The molecule has 29 heavy (non-hydrogen) atoms. The molecule has 2 rings (SSSR count). The molecule has 0 bridgehead atoms. The molecule has 0 aliphatic heterocycles. The number of benzene rings is 2. The van der Waals surface area contributed by atoms with Crippen molar-refractivity contribution in [1.29, 1.82) is 0 Å². The van der Waals surface area contributed by atoms with E-state index in [-0.39, 0.29) is 11.4 Å². The second-order valence-electron chi connectivity index (χ2n) is 6.58. The Morgan fingerprint density at radius 3 is 2.59 bits per heavy atom. The lowest BCUT2D eigenvalue weighted by atomic mass is 10.1. The zero-order chi connectivity index (χ0) is 21.2. The maximum atomic E-state index is 11.6. The Morgan fingerprint density at radius 1 is 1.21 bits per heavy atom. The van der Waals surface area contributed by atoms with Crippen molar-refractivity contribution in [2.45, 2.75) is 30.4 Å². The third-order valence-corrected chi connectivity index (χ3v) is 5.27. The van der Waals surface area contributed by atoms with Crippen LogP contribution in [0.5, 0.6) is 5.75 Å². The van der Waals surface area contributed by atoms with Gasteiger partial charge in [-0.25, -0.2) is 0 Å². The van der Waals surface area contributed by atoms with Gasteiger partial charge in [0, 0.05) is 31.4 Å². The molecule has 0 spiro atoms. The average molecular weight is 423 g/mol. The monoisotopic (exact) mass is 422 g/mol. The van der Waals surface area contributed by atoms with Gasteiger partial charge >= 0.3 is 0 Å². The number of aliphatic hydroxyl groups excluding tert-OH is 1. The van der Waals surface area contributed by atoms with Crippen molar-refractivity contribution < 1.29 is 24.4 Å². The Bertz CT molecular complexity index is 785. The molecular weight excluding hydrogens is 396 g/mol. The first-order chi connectivity index (χ1) is 13.9. The fraction of sp³-hybridized carbons (Fsp3) is 0.400. The number of hydrogen-bond donors (Lipinski definition) is 3. The SMILES string of the molecule is C[S+]([O-])c1cc(C(O)CNCCCCOCc2ccc([N+](=O)[O-])cc2)ccc1O. The van der Waals surface area contributed by atoms with Gasteiger partial charge < -0.3 is 24.8 Å². The normalized spacial score (nSPS) is 13.2. The first kappa shape index (κ1) is 23.1. The highest BCUT2D eigenvalue weighted by molar-refractivity contribution is 7.90. The zero-order valence-corrected chi connectivity index (χ0v) is 17.1. The Morgan fingerprint density at radius 2 is 1.93 bits per heavy atom. The minimum atomic E-state index is -1.32. The van der Waals surface area contributed by atoms with Gasteiger partial charge in [0.2, 0.25) is 0 Å². The van der Waals surface area contributed by atoms with E-state index >= 15 is 0 Å². The molecule has 0 aliphatic carbocycles. The van der Waals surface area contributed by atoms with Crippen molar-refractivity contribution in [3.05, 3.63) is 63.7 Å². The molecule has 0 heterocycles. The molecule has 0 fully saturated rings. The third kappa shape index (κ3) is 7.64. The molecule has 2 atom stereocenters. The number of nitrogens with one attached hydrogen (secondary N) is 1. The van der Waals surface area contributed by atoms with E-state index in [1.54, 1.807) is 24.3 Å². The summed E-state index contributed by atoms with van der Waals surface area (Å²) in [5, 5.41) is 33.7. The molecule has 2 unspecified atom stereocenters. The number of unbranched alkanes of at least 4 members (excludes halogenated alkanes) is 1. The van der Waals surface area contributed by atoms with Gasteiger partial charge in [0.05, 0.1) is 17.6 Å². The number of nitrogens with zero attached hydrogens (tertiary/aromatic N) is 1. The third-order valence-electron chi connectivity index (χ3n) is 4.32. The number of phenols is 1. The second-order valence-corrected chi connectivity index (χ2v) is 7.93. The van der Waals surface area contributed by atoms with Crippen LogP contribution in [0.25, 0.3) is 0 Å². The van der Waals surface area contributed by atoms with E-state index in [1.807, 2.05) is 0 Å². The lowest BCUT2D eigenvalue weighted by molar-refractivity contribution is -0.384. The van der Waals surface area contributed by atoms with Crippen LogP contribution in [-0.4, -0.2) is 45.6 Å². The Balaban J connectivity index is 1.59. The van der Waals surface area contributed by atoms with Gasteiger partial charge in [0.15, 0.2) is 10.6 Å². The minimum Gasteiger partial charge on any atom is -0.612 e. The van der Waals surface area contributed by atoms with Crippen molar-refractivity contribution in [3.8, 4) is 5.75 Å². The summed E-state index contributed by atoms with van der Waals surface area (Å²) in [7, 11) is 0. The fourth-order valence-corrected chi connectivity index (χ4v) is 3.35. The summed E-state index contributed by atoms with van der Waals surface area (Å²) in [6.45, 7) is 2.05. The maximum Gasteiger partial charge on any atom is 0.269 e. The van der Waals surface area contributed by atoms with Crippen molar-refractivity contribution in [2.75, 3.05) is 26.0 Å². The highest BCUT2D eigenvalue weighted by Gasteiger charge is 2.15. The molecule has 2 aromatic carbocycles. The number of phenolic OH excluding ortho intramolecular Hbond substituents is 1. The lowest BCUT2D eigenvalue weighted by Gasteiger charge is -2.14. The lowest BCUT2D eigenvalue weighted by Crippen LogP contribution is -2.23. The second kappa shape index (κ2) is 11.7. The van der Waals surface area contributed by atoms with Gasteiger partial charge in [-0.15, -0.1) is 0 Å². The van der Waals surface area contributed by atoms with E-state index in [9.17, 15) is 24.9 Å². The number of nitro groups is 1. The molecule has 158 valence electrons. The number of hydrogen-bond acceptors (Lipinski definition) is 7. The summed E-state index contributed by atoms with van der Waals surface area (Å²) in [6, 6.07) is 10.9. The van der Waals surface area contributed by atoms with Crippen LogP contribution in [0, 0.1) is 10.1 Å². The zero-order valence-electron chi connectivity index (χ0n) is 16.2. The minimum absolute atomic E-state index is 0.0385. The molecule has 9 heteroatoms. The molecular formula is C20H26N2O6S. The first-order valence-corrected chi connectivity index (χ1v) is 10.8. The molecule has 0 amide bonds. The highest BCUT2D eigenvalue weighted by Crippen LogP contribution is 2.26. The Hall–Kier alpha value is -2.17. The van der Waals surface area contributed by atoms with E-state index in [2.05, 4.69) is 5.32 Å². The predicted octanol–water partition coefficient (Wildman–Crippen LogP) is 2.66. The van der Waals surface area contributed by atoms with Crippen LogP contribution in [0.2, 0.25) is 0 Å². The number of rotatable bonds is 12. The van der Waals surface area contributed by atoms with Gasteiger partial charge in [-0.1, -0.05) is 6.07 Å².